The molecule has 0 aromatic heterocycles. The first kappa shape index (κ1) is 16.3. The van der Waals surface area contributed by atoms with Gasteiger partial charge >= 0.3 is 0 Å². The number of Topliss-reactive ketones (excluding diaryl/α,β-unsaturated/α-hetero) is 1. The predicted octanol–water partition coefficient (Wildman–Crippen LogP) is 3.43. The zero-order valence-corrected chi connectivity index (χ0v) is 12.4. The average molecular weight is 308 g/mol. The van der Waals surface area contributed by atoms with Crippen LogP contribution in [0.15, 0.2) is 65.8 Å². The summed E-state index contributed by atoms with van der Waals surface area (Å²) in [5.41, 5.74) is 9.70. The molecule has 1 N–H and O–H groups in total. The van der Waals surface area contributed by atoms with Crippen LogP contribution in [0.5, 0.6) is 0 Å². The smallest absolute Gasteiger partial charge is 0.226 e. The lowest BCUT2D eigenvalue weighted by atomic mass is 9.98. The molecule has 2 aromatic rings. The molecule has 1 amide bonds. The van der Waals surface area contributed by atoms with Gasteiger partial charge in [-0.05, 0) is 11.1 Å². The Kier molecular flexibility index (Phi) is 5.91. The fourth-order valence-corrected chi connectivity index (χ4v) is 2.20. The zero-order chi connectivity index (χ0) is 16.5. The Morgan fingerprint density at radius 2 is 1.65 bits per heavy atom. The maximum Gasteiger partial charge on any atom is 0.226 e. The van der Waals surface area contributed by atoms with Gasteiger partial charge in [-0.2, -0.15) is 0 Å². The standard InChI is InChI=1S/C17H16N4O2/c18-21-19-12-17(23)20-15(13-7-3-1-4-8-13)11-16(22)14-9-5-2-6-10-14/h1-10,15H,11-12H2,(H,20,23). The van der Waals surface area contributed by atoms with Crippen LogP contribution in [-0.2, 0) is 4.79 Å². The van der Waals surface area contributed by atoms with E-state index in [1.807, 2.05) is 36.4 Å². The summed E-state index contributed by atoms with van der Waals surface area (Å²) in [6, 6.07) is 17.7. The van der Waals surface area contributed by atoms with Crippen LogP contribution in [0.4, 0.5) is 0 Å². The number of benzene rings is 2. The van der Waals surface area contributed by atoms with E-state index in [1.165, 1.54) is 0 Å². The summed E-state index contributed by atoms with van der Waals surface area (Å²) in [5.74, 6) is -0.485. The Bertz CT molecular complexity index is 710. The molecule has 0 saturated heterocycles. The molecule has 1 atom stereocenters. The largest absolute Gasteiger partial charge is 0.349 e. The number of rotatable bonds is 7. The lowest BCUT2D eigenvalue weighted by molar-refractivity contribution is -0.120. The summed E-state index contributed by atoms with van der Waals surface area (Å²) in [5, 5.41) is 5.98. The van der Waals surface area contributed by atoms with E-state index in [2.05, 4.69) is 15.3 Å². The number of carbonyl (C=O) groups is 2. The molecule has 2 aromatic carbocycles. The highest BCUT2D eigenvalue weighted by Crippen LogP contribution is 2.19. The highest BCUT2D eigenvalue weighted by molar-refractivity contribution is 5.96. The molecule has 1 unspecified atom stereocenters. The van der Waals surface area contributed by atoms with E-state index < -0.39 is 11.9 Å². The second-order valence-electron chi connectivity index (χ2n) is 4.91. The van der Waals surface area contributed by atoms with Gasteiger partial charge in [0.05, 0.1) is 6.04 Å². The predicted molar refractivity (Wildman–Crippen MR) is 86.7 cm³/mol. The maximum absolute atomic E-state index is 12.4. The number of amides is 1. The number of hydrogen-bond acceptors (Lipinski definition) is 3. The second-order valence-corrected chi connectivity index (χ2v) is 4.91. The summed E-state index contributed by atoms with van der Waals surface area (Å²) in [6.45, 7) is -0.292. The van der Waals surface area contributed by atoms with Gasteiger partial charge in [-0.3, -0.25) is 9.59 Å². The Morgan fingerprint density at radius 3 is 2.26 bits per heavy atom. The minimum absolute atomic E-state index is 0.0662. The molecule has 0 bridgehead atoms. The number of azide groups is 1. The van der Waals surface area contributed by atoms with E-state index in [0.717, 1.165) is 5.56 Å². The highest BCUT2D eigenvalue weighted by Gasteiger charge is 2.18. The summed E-state index contributed by atoms with van der Waals surface area (Å²) >= 11 is 0. The molecule has 6 nitrogen and oxygen atoms in total. The van der Waals surface area contributed by atoms with Crippen LogP contribution < -0.4 is 5.32 Å². The van der Waals surface area contributed by atoms with Crippen molar-refractivity contribution in [2.75, 3.05) is 6.54 Å². The minimum atomic E-state index is -0.467. The molecule has 23 heavy (non-hydrogen) atoms. The van der Waals surface area contributed by atoms with Crippen molar-refractivity contribution in [1.29, 1.82) is 0 Å². The quantitative estimate of drug-likeness (QED) is 0.367. The Hall–Kier alpha value is -3.11. The monoisotopic (exact) mass is 308 g/mol. The molecule has 116 valence electrons. The van der Waals surface area contributed by atoms with E-state index in [4.69, 9.17) is 5.53 Å². The minimum Gasteiger partial charge on any atom is -0.349 e. The van der Waals surface area contributed by atoms with E-state index >= 15 is 0 Å². The lowest BCUT2D eigenvalue weighted by Gasteiger charge is -2.18. The van der Waals surface area contributed by atoms with Gasteiger partial charge in [0.1, 0.15) is 6.54 Å². The summed E-state index contributed by atoms with van der Waals surface area (Å²) in [7, 11) is 0. The van der Waals surface area contributed by atoms with Gasteiger partial charge in [-0.25, -0.2) is 0 Å². The van der Waals surface area contributed by atoms with Crippen LogP contribution in [0.25, 0.3) is 10.4 Å². The molecule has 0 fully saturated rings. The van der Waals surface area contributed by atoms with Crippen molar-refractivity contribution in [2.24, 2.45) is 5.11 Å². The molecule has 0 heterocycles. The number of ketones is 1. The van der Waals surface area contributed by atoms with Crippen molar-refractivity contribution < 1.29 is 9.59 Å². The van der Waals surface area contributed by atoms with Crippen LogP contribution in [0.2, 0.25) is 0 Å². The number of nitrogens with zero attached hydrogens (tertiary/aromatic N) is 3. The third kappa shape index (κ3) is 4.98. The van der Waals surface area contributed by atoms with E-state index in [1.54, 1.807) is 24.3 Å². The molecule has 0 aliphatic rings. The van der Waals surface area contributed by atoms with Gasteiger partial charge in [0.2, 0.25) is 5.91 Å². The molecule has 2 rings (SSSR count). The van der Waals surface area contributed by atoms with Gasteiger partial charge in [-0.15, -0.1) is 0 Å². The van der Waals surface area contributed by atoms with Crippen molar-refractivity contribution in [3.63, 3.8) is 0 Å². The molecule has 0 saturated carbocycles. The van der Waals surface area contributed by atoms with Crippen LogP contribution in [0, 0.1) is 0 Å². The molecule has 6 heteroatoms. The van der Waals surface area contributed by atoms with E-state index in [0.29, 0.717) is 5.56 Å². The van der Waals surface area contributed by atoms with Crippen molar-refractivity contribution >= 4 is 11.7 Å². The van der Waals surface area contributed by atoms with E-state index in [9.17, 15) is 9.59 Å². The van der Waals surface area contributed by atoms with Gasteiger partial charge in [-0.1, -0.05) is 65.8 Å². The summed E-state index contributed by atoms with van der Waals surface area (Å²) in [4.78, 5) is 26.8. The molecular formula is C17H16N4O2. The highest BCUT2D eigenvalue weighted by atomic mass is 16.2. The van der Waals surface area contributed by atoms with Gasteiger partial charge < -0.3 is 5.32 Å². The fraction of sp³-hybridized carbons (Fsp3) is 0.176. The first-order valence-electron chi connectivity index (χ1n) is 7.14. The van der Waals surface area contributed by atoms with Crippen LogP contribution in [0.3, 0.4) is 0 Å². The fourth-order valence-electron chi connectivity index (χ4n) is 2.20. The average Bonchev–Trinajstić information content (AvgIpc) is 2.61. The van der Waals surface area contributed by atoms with Crippen molar-refractivity contribution in [3.05, 3.63) is 82.2 Å². The van der Waals surface area contributed by atoms with Crippen LogP contribution in [-0.4, -0.2) is 18.2 Å². The topological polar surface area (TPSA) is 94.9 Å². The van der Waals surface area contributed by atoms with E-state index in [-0.39, 0.29) is 18.7 Å². The Morgan fingerprint density at radius 1 is 1.04 bits per heavy atom. The van der Waals surface area contributed by atoms with Crippen LogP contribution >= 0.6 is 0 Å². The van der Waals surface area contributed by atoms with Gasteiger partial charge in [0.15, 0.2) is 5.78 Å². The third-order valence-electron chi connectivity index (χ3n) is 3.30. The van der Waals surface area contributed by atoms with Gasteiger partial charge in [0.25, 0.3) is 0 Å². The molecule has 0 aliphatic carbocycles. The first-order chi connectivity index (χ1) is 11.2. The number of nitrogens with one attached hydrogen (secondary N) is 1. The number of carbonyl (C=O) groups excluding carboxylic acids is 2. The normalized spacial score (nSPS) is 11.1. The molecule has 0 aliphatic heterocycles. The SMILES string of the molecule is [N-]=[N+]=NCC(=O)NC(CC(=O)c1ccccc1)c1ccccc1. The number of hydrogen-bond donors (Lipinski definition) is 1. The second kappa shape index (κ2) is 8.36. The van der Waals surface area contributed by atoms with Crippen LogP contribution in [0.1, 0.15) is 28.4 Å². The van der Waals surface area contributed by atoms with Gasteiger partial charge in [0, 0.05) is 16.9 Å². The van der Waals surface area contributed by atoms with Crippen molar-refractivity contribution in [2.45, 2.75) is 12.5 Å². The zero-order valence-electron chi connectivity index (χ0n) is 12.4. The van der Waals surface area contributed by atoms with Crippen molar-refractivity contribution in [1.82, 2.24) is 5.32 Å². The summed E-state index contributed by atoms with van der Waals surface area (Å²) < 4.78 is 0. The first-order valence-corrected chi connectivity index (χ1v) is 7.14. The third-order valence-corrected chi connectivity index (χ3v) is 3.30. The van der Waals surface area contributed by atoms with Crippen molar-refractivity contribution in [3.8, 4) is 0 Å². The Balaban J connectivity index is 2.15. The lowest BCUT2D eigenvalue weighted by Crippen LogP contribution is -2.31. The summed E-state index contributed by atoms with van der Waals surface area (Å²) in [6.07, 6.45) is 0.135. The maximum atomic E-state index is 12.4. The molecule has 0 radical (unpaired) electrons. The Labute approximate surface area is 133 Å². The molecule has 0 spiro atoms. The molecular weight excluding hydrogens is 292 g/mol.